The maximum Gasteiger partial charge on any atom is 0.256 e. The Labute approximate surface area is 110 Å². The first-order valence-electron chi connectivity index (χ1n) is 5.19. The van der Waals surface area contributed by atoms with E-state index in [-0.39, 0.29) is 5.56 Å². The number of rotatable bonds is 1. The van der Waals surface area contributed by atoms with Gasteiger partial charge in [-0.3, -0.25) is 4.79 Å². The van der Waals surface area contributed by atoms with E-state index in [2.05, 4.69) is 25.9 Å². The van der Waals surface area contributed by atoms with Crippen LogP contribution in [0, 0.1) is 0 Å². The molecular formula is C11H9BrN2O2S. The van der Waals surface area contributed by atoms with Crippen molar-refractivity contribution in [2.75, 3.05) is 6.61 Å². The molecule has 0 unspecified atom stereocenters. The van der Waals surface area contributed by atoms with Gasteiger partial charge in [-0.1, -0.05) is 0 Å². The monoisotopic (exact) mass is 312 g/mol. The summed E-state index contributed by atoms with van der Waals surface area (Å²) in [5, 5.41) is 0. The van der Waals surface area contributed by atoms with Gasteiger partial charge in [0.05, 0.1) is 33.1 Å². The first kappa shape index (κ1) is 11.1. The third-order valence-electron chi connectivity index (χ3n) is 2.64. The van der Waals surface area contributed by atoms with Gasteiger partial charge in [0.25, 0.3) is 5.56 Å². The molecule has 88 valence electrons. The van der Waals surface area contributed by atoms with E-state index < -0.39 is 0 Å². The van der Waals surface area contributed by atoms with E-state index in [4.69, 9.17) is 4.74 Å². The molecule has 2 aromatic rings. The van der Waals surface area contributed by atoms with Gasteiger partial charge in [0, 0.05) is 6.42 Å². The topological polar surface area (TPSA) is 55.0 Å². The van der Waals surface area contributed by atoms with E-state index in [0.29, 0.717) is 31.0 Å². The molecule has 0 aromatic carbocycles. The van der Waals surface area contributed by atoms with Crippen LogP contribution in [0.15, 0.2) is 20.7 Å². The van der Waals surface area contributed by atoms with Crippen molar-refractivity contribution < 1.29 is 4.74 Å². The van der Waals surface area contributed by atoms with Crippen molar-refractivity contribution >= 4 is 27.3 Å². The van der Waals surface area contributed by atoms with E-state index in [1.165, 1.54) is 0 Å². The van der Waals surface area contributed by atoms with Crippen LogP contribution in [0.3, 0.4) is 0 Å². The molecule has 0 fully saturated rings. The maximum atomic E-state index is 11.9. The first-order valence-corrected chi connectivity index (χ1v) is 6.80. The van der Waals surface area contributed by atoms with Crippen LogP contribution in [0.1, 0.15) is 11.3 Å². The minimum atomic E-state index is -0.0887. The number of halogens is 1. The molecule has 17 heavy (non-hydrogen) atoms. The number of thiophene rings is 1. The quantitative estimate of drug-likeness (QED) is 0.879. The molecule has 4 nitrogen and oxygen atoms in total. The first-order chi connectivity index (χ1) is 8.24. The van der Waals surface area contributed by atoms with Gasteiger partial charge in [-0.05, 0) is 28.1 Å². The Hall–Kier alpha value is -0.980. The molecular weight excluding hydrogens is 304 g/mol. The summed E-state index contributed by atoms with van der Waals surface area (Å²) in [6, 6.07) is 3.89. The summed E-state index contributed by atoms with van der Waals surface area (Å²) in [6.07, 6.45) is 0.707. The fraction of sp³-hybridized carbons (Fsp3) is 0.273. The van der Waals surface area contributed by atoms with Gasteiger partial charge in [-0.15, -0.1) is 11.3 Å². The van der Waals surface area contributed by atoms with Crippen molar-refractivity contribution in [3.8, 4) is 10.7 Å². The highest BCUT2D eigenvalue weighted by Crippen LogP contribution is 2.29. The number of H-pyrrole nitrogens is 1. The molecule has 6 heteroatoms. The van der Waals surface area contributed by atoms with Crippen molar-refractivity contribution in [2.45, 2.75) is 13.0 Å². The molecule has 3 heterocycles. The van der Waals surface area contributed by atoms with E-state index in [1.54, 1.807) is 11.3 Å². The Balaban J connectivity index is 2.13. The number of hydrogen-bond donors (Lipinski definition) is 1. The van der Waals surface area contributed by atoms with Crippen LogP contribution in [0.5, 0.6) is 0 Å². The lowest BCUT2D eigenvalue weighted by molar-refractivity contribution is 0.108. The Morgan fingerprint density at radius 3 is 3.12 bits per heavy atom. The van der Waals surface area contributed by atoms with Crippen LogP contribution in [-0.4, -0.2) is 16.6 Å². The van der Waals surface area contributed by atoms with Gasteiger partial charge >= 0.3 is 0 Å². The molecule has 1 aliphatic rings. The maximum absolute atomic E-state index is 11.9. The zero-order valence-electron chi connectivity index (χ0n) is 8.83. The second-order valence-corrected chi connectivity index (χ2v) is 6.21. The number of ether oxygens (including phenoxy) is 1. The largest absolute Gasteiger partial charge is 0.376 e. The summed E-state index contributed by atoms with van der Waals surface area (Å²) >= 11 is 4.95. The standard InChI is InChI=1S/C11H9BrN2O2S/c12-9-2-1-8(17-9)10-13-7-3-4-16-5-6(7)11(15)14-10/h1-2H,3-5H2,(H,13,14,15). The Bertz CT molecular complexity index is 620. The average Bonchev–Trinajstić information content (AvgIpc) is 2.76. The van der Waals surface area contributed by atoms with Crippen molar-refractivity contribution in [1.29, 1.82) is 0 Å². The zero-order valence-corrected chi connectivity index (χ0v) is 11.2. The molecule has 0 radical (unpaired) electrons. The molecule has 0 aliphatic carbocycles. The molecule has 0 bridgehead atoms. The van der Waals surface area contributed by atoms with Crippen LogP contribution in [0.2, 0.25) is 0 Å². The van der Waals surface area contributed by atoms with Crippen LogP contribution >= 0.6 is 27.3 Å². The summed E-state index contributed by atoms with van der Waals surface area (Å²) in [7, 11) is 0. The van der Waals surface area contributed by atoms with E-state index in [1.807, 2.05) is 12.1 Å². The van der Waals surface area contributed by atoms with Crippen molar-refractivity contribution in [3.63, 3.8) is 0 Å². The fourth-order valence-corrected chi connectivity index (χ4v) is 3.13. The molecule has 0 saturated carbocycles. The molecule has 0 amide bonds. The van der Waals surface area contributed by atoms with Gasteiger partial charge in [0.2, 0.25) is 0 Å². The van der Waals surface area contributed by atoms with Gasteiger partial charge in [0.1, 0.15) is 0 Å². The van der Waals surface area contributed by atoms with Crippen LogP contribution in [0.4, 0.5) is 0 Å². The third-order valence-corrected chi connectivity index (χ3v) is 4.27. The fourth-order valence-electron chi connectivity index (χ4n) is 1.80. The summed E-state index contributed by atoms with van der Waals surface area (Å²) in [5.74, 6) is 0.645. The van der Waals surface area contributed by atoms with Gasteiger partial charge in [-0.2, -0.15) is 0 Å². The Morgan fingerprint density at radius 2 is 2.35 bits per heavy atom. The average molecular weight is 313 g/mol. The highest BCUT2D eigenvalue weighted by atomic mass is 79.9. The van der Waals surface area contributed by atoms with Crippen molar-refractivity contribution in [2.24, 2.45) is 0 Å². The van der Waals surface area contributed by atoms with E-state index >= 15 is 0 Å². The lowest BCUT2D eigenvalue weighted by Gasteiger charge is -2.14. The number of hydrogen-bond acceptors (Lipinski definition) is 4. The van der Waals surface area contributed by atoms with E-state index in [0.717, 1.165) is 14.4 Å². The number of aromatic amines is 1. The minimum absolute atomic E-state index is 0.0887. The molecule has 1 N–H and O–H groups in total. The third kappa shape index (κ3) is 2.08. The van der Waals surface area contributed by atoms with Crippen LogP contribution in [0.25, 0.3) is 10.7 Å². The second kappa shape index (κ2) is 4.36. The smallest absolute Gasteiger partial charge is 0.256 e. The number of nitrogens with one attached hydrogen (secondary N) is 1. The summed E-state index contributed by atoms with van der Waals surface area (Å²) in [5.41, 5.74) is 1.43. The predicted molar refractivity (Wildman–Crippen MR) is 69.2 cm³/mol. The molecule has 0 atom stereocenters. The van der Waals surface area contributed by atoms with Crippen molar-refractivity contribution in [3.05, 3.63) is 37.5 Å². The van der Waals surface area contributed by atoms with Gasteiger partial charge in [0.15, 0.2) is 5.82 Å². The summed E-state index contributed by atoms with van der Waals surface area (Å²) < 4.78 is 6.29. The van der Waals surface area contributed by atoms with Crippen molar-refractivity contribution in [1.82, 2.24) is 9.97 Å². The lowest BCUT2D eigenvalue weighted by atomic mass is 10.1. The normalized spacial score (nSPS) is 14.6. The highest BCUT2D eigenvalue weighted by Gasteiger charge is 2.16. The van der Waals surface area contributed by atoms with Gasteiger partial charge < -0.3 is 9.72 Å². The van der Waals surface area contributed by atoms with Gasteiger partial charge in [-0.25, -0.2) is 4.98 Å². The molecule has 1 aliphatic heterocycles. The second-order valence-electron chi connectivity index (χ2n) is 3.75. The lowest BCUT2D eigenvalue weighted by Crippen LogP contribution is -2.24. The molecule has 2 aromatic heterocycles. The SMILES string of the molecule is O=c1[nH]c(-c2ccc(Br)s2)nc2c1COCC2. The van der Waals surface area contributed by atoms with Crippen LogP contribution < -0.4 is 5.56 Å². The predicted octanol–water partition coefficient (Wildman–Crippen LogP) is 2.33. The van der Waals surface area contributed by atoms with E-state index in [9.17, 15) is 4.79 Å². The summed E-state index contributed by atoms with van der Waals surface area (Å²) in [4.78, 5) is 20.2. The summed E-state index contributed by atoms with van der Waals surface area (Å²) in [6.45, 7) is 1.00. The van der Waals surface area contributed by atoms with Crippen LogP contribution in [-0.2, 0) is 17.8 Å². The number of fused-ring (bicyclic) bond motifs is 1. The molecule has 0 spiro atoms. The zero-order chi connectivity index (χ0) is 11.8. The number of aromatic nitrogens is 2. The number of nitrogens with zero attached hydrogens (tertiary/aromatic N) is 1. The highest BCUT2D eigenvalue weighted by molar-refractivity contribution is 9.11. The molecule has 3 rings (SSSR count). The minimum Gasteiger partial charge on any atom is -0.376 e. The Kier molecular flexibility index (Phi) is 2.85. The molecule has 0 saturated heterocycles. The Morgan fingerprint density at radius 1 is 1.47 bits per heavy atom.